The molecule has 0 spiro atoms. The predicted molar refractivity (Wildman–Crippen MR) is 115 cm³/mol. The van der Waals surface area contributed by atoms with Gasteiger partial charge >= 0.3 is 0 Å². The normalized spacial score (nSPS) is 10.9. The molecular formula is C23H19ClN2O3. The van der Waals surface area contributed by atoms with Crippen molar-refractivity contribution in [1.29, 1.82) is 0 Å². The van der Waals surface area contributed by atoms with Crippen LogP contribution in [0.15, 0.2) is 59.0 Å². The second-order valence-corrected chi connectivity index (χ2v) is 7.21. The number of benzene rings is 3. The summed E-state index contributed by atoms with van der Waals surface area (Å²) in [5, 5.41) is 3.39. The van der Waals surface area contributed by atoms with E-state index in [-0.39, 0.29) is 5.91 Å². The minimum Gasteiger partial charge on any atom is -0.495 e. The highest BCUT2D eigenvalue weighted by Crippen LogP contribution is 2.32. The van der Waals surface area contributed by atoms with Gasteiger partial charge < -0.3 is 14.5 Å². The van der Waals surface area contributed by atoms with E-state index in [2.05, 4.69) is 10.3 Å². The fourth-order valence-electron chi connectivity index (χ4n) is 3.01. The van der Waals surface area contributed by atoms with Gasteiger partial charge in [0.05, 0.1) is 12.1 Å². The number of carbonyl (C=O) groups is 1. The summed E-state index contributed by atoms with van der Waals surface area (Å²) in [7, 11) is 1.56. The van der Waals surface area contributed by atoms with Crippen LogP contribution in [0.25, 0.3) is 22.6 Å². The third kappa shape index (κ3) is 3.82. The molecule has 146 valence electrons. The molecule has 4 rings (SSSR count). The molecule has 3 aromatic carbocycles. The maximum atomic E-state index is 12.6. The van der Waals surface area contributed by atoms with Crippen LogP contribution in [0.3, 0.4) is 0 Å². The molecule has 1 N–H and O–H groups in total. The maximum absolute atomic E-state index is 12.6. The Bertz CT molecular complexity index is 1230. The number of anilines is 1. The number of carbonyl (C=O) groups excluding carboxylic acids is 1. The second kappa shape index (κ2) is 7.60. The summed E-state index contributed by atoms with van der Waals surface area (Å²) in [4.78, 5) is 17.1. The number of hydrogen-bond donors (Lipinski definition) is 1. The lowest BCUT2D eigenvalue weighted by Gasteiger charge is -2.07. The number of nitrogens with zero attached hydrogens (tertiary/aromatic N) is 1. The largest absolute Gasteiger partial charge is 0.495 e. The van der Waals surface area contributed by atoms with E-state index in [4.69, 9.17) is 20.8 Å². The Morgan fingerprint density at radius 3 is 2.59 bits per heavy atom. The first-order valence-electron chi connectivity index (χ1n) is 9.08. The van der Waals surface area contributed by atoms with Gasteiger partial charge in [-0.2, -0.15) is 0 Å². The zero-order valence-corrected chi connectivity index (χ0v) is 17.0. The quantitative estimate of drug-likeness (QED) is 0.449. The molecule has 0 aliphatic heterocycles. The number of halogens is 1. The molecule has 0 fully saturated rings. The molecule has 0 aliphatic carbocycles. The number of nitrogens with one attached hydrogen (secondary N) is 1. The van der Waals surface area contributed by atoms with Gasteiger partial charge in [0.2, 0.25) is 5.89 Å². The molecule has 4 aromatic rings. The summed E-state index contributed by atoms with van der Waals surface area (Å²) in [6.45, 7) is 4.00. The van der Waals surface area contributed by atoms with Gasteiger partial charge in [-0.05, 0) is 73.5 Å². The summed E-state index contributed by atoms with van der Waals surface area (Å²) in [5.41, 5.74) is 5.49. The third-order valence-electron chi connectivity index (χ3n) is 4.81. The molecule has 0 saturated carbocycles. The van der Waals surface area contributed by atoms with Crippen LogP contribution < -0.4 is 10.1 Å². The fraction of sp³-hybridized carbons (Fsp3) is 0.130. The number of aromatic nitrogens is 1. The summed E-state index contributed by atoms with van der Waals surface area (Å²) >= 11 is 6.20. The molecule has 0 bridgehead atoms. The number of rotatable bonds is 4. The van der Waals surface area contributed by atoms with E-state index >= 15 is 0 Å². The topological polar surface area (TPSA) is 64.4 Å². The first kappa shape index (κ1) is 19.0. The van der Waals surface area contributed by atoms with Gasteiger partial charge in [0.1, 0.15) is 11.3 Å². The highest BCUT2D eigenvalue weighted by molar-refractivity contribution is 6.32. The Balaban J connectivity index is 1.60. The van der Waals surface area contributed by atoms with Crippen LogP contribution in [0.5, 0.6) is 5.75 Å². The van der Waals surface area contributed by atoms with Crippen molar-refractivity contribution in [2.75, 3.05) is 12.4 Å². The highest BCUT2D eigenvalue weighted by atomic mass is 35.5. The van der Waals surface area contributed by atoms with Crippen molar-refractivity contribution >= 4 is 34.3 Å². The van der Waals surface area contributed by atoms with Gasteiger partial charge in [-0.15, -0.1) is 0 Å². The molecule has 0 saturated heterocycles. The van der Waals surface area contributed by atoms with E-state index in [0.29, 0.717) is 39.0 Å². The van der Waals surface area contributed by atoms with Gasteiger partial charge in [0, 0.05) is 16.8 Å². The van der Waals surface area contributed by atoms with Crippen LogP contribution >= 0.6 is 11.6 Å². The Kier molecular flexibility index (Phi) is 4.99. The van der Waals surface area contributed by atoms with Crippen LogP contribution in [-0.4, -0.2) is 18.0 Å². The van der Waals surface area contributed by atoms with Crippen molar-refractivity contribution in [3.8, 4) is 17.2 Å². The molecule has 0 aliphatic rings. The van der Waals surface area contributed by atoms with Gasteiger partial charge in [-0.1, -0.05) is 17.7 Å². The Hall–Kier alpha value is -3.31. The summed E-state index contributed by atoms with van der Waals surface area (Å²) in [6, 6.07) is 16.3. The Morgan fingerprint density at radius 1 is 1.03 bits per heavy atom. The second-order valence-electron chi connectivity index (χ2n) is 6.80. The summed E-state index contributed by atoms with van der Waals surface area (Å²) in [5.74, 6) is 0.864. The van der Waals surface area contributed by atoms with E-state index in [0.717, 1.165) is 16.7 Å². The summed E-state index contributed by atoms with van der Waals surface area (Å²) < 4.78 is 11.0. The zero-order valence-electron chi connectivity index (χ0n) is 16.2. The first-order valence-corrected chi connectivity index (χ1v) is 9.45. The number of ether oxygens (including phenoxy) is 1. The molecule has 1 aromatic heterocycles. The minimum absolute atomic E-state index is 0.168. The lowest BCUT2D eigenvalue weighted by molar-refractivity contribution is 0.102. The Morgan fingerprint density at radius 2 is 1.86 bits per heavy atom. The van der Waals surface area contributed by atoms with E-state index in [9.17, 15) is 4.79 Å². The molecular weight excluding hydrogens is 388 g/mol. The number of hydrogen-bond acceptors (Lipinski definition) is 4. The van der Waals surface area contributed by atoms with Crippen LogP contribution in [0.4, 0.5) is 5.69 Å². The van der Waals surface area contributed by atoms with Crippen molar-refractivity contribution < 1.29 is 13.9 Å². The van der Waals surface area contributed by atoms with Crippen LogP contribution in [0.1, 0.15) is 21.5 Å². The minimum atomic E-state index is -0.168. The van der Waals surface area contributed by atoms with Crippen molar-refractivity contribution in [2.24, 2.45) is 0 Å². The average molecular weight is 407 g/mol. The standard InChI is InChI=1S/C23H19ClN2O3/c1-13-4-5-15(10-14(13)2)22(27)25-17-7-9-21-19(12-17)26-23(29-21)16-6-8-20(28-3)18(24)11-16/h4-12H,1-3H3,(H,25,27). The number of methoxy groups -OCH3 is 1. The number of oxazole rings is 1. The molecule has 0 radical (unpaired) electrons. The van der Waals surface area contributed by atoms with Crippen LogP contribution in [0, 0.1) is 13.8 Å². The average Bonchev–Trinajstić information content (AvgIpc) is 3.13. The molecule has 1 heterocycles. The van der Waals surface area contributed by atoms with Crippen LogP contribution in [0.2, 0.25) is 5.02 Å². The van der Waals surface area contributed by atoms with Gasteiger partial charge in [-0.25, -0.2) is 4.98 Å². The maximum Gasteiger partial charge on any atom is 0.255 e. The van der Waals surface area contributed by atoms with E-state index in [1.807, 2.05) is 38.1 Å². The molecule has 1 amide bonds. The smallest absolute Gasteiger partial charge is 0.255 e. The highest BCUT2D eigenvalue weighted by Gasteiger charge is 2.13. The third-order valence-corrected chi connectivity index (χ3v) is 5.11. The van der Waals surface area contributed by atoms with Crippen molar-refractivity contribution in [3.63, 3.8) is 0 Å². The van der Waals surface area contributed by atoms with E-state index in [1.165, 1.54) is 0 Å². The monoisotopic (exact) mass is 406 g/mol. The number of aryl methyl sites for hydroxylation is 2. The SMILES string of the molecule is COc1ccc(-c2nc3cc(NC(=O)c4ccc(C)c(C)c4)ccc3o2)cc1Cl. The van der Waals surface area contributed by atoms with Gasteiger partial charge in [0.15, 0.2) is 5.58 Å². The molecule has 29 heavy (non-hydrogen) atoms. The summed E-state index contributed by atoms with van der Waals surface area (Å²) in [6.07, 6.45) is 0. The van der Waals surface area contributed by atoms with Crippen molar-refractivity contribution in [1.82, 2.24) is 4.98 Å². The number of fused-ring (bicyclic) bond motifs is 1. The van der Waals surface area contributed by atoms with Crippen molar-refractivity contribution in [3.05, 3.63) is 76.3 Å². The lowest BCUT2D eigenvalue weighted by Crippen LogP contribution is -2.12. The van der Waals surface area contributed by atoms with E-state index < -0.39 is 0 Å². The van der Waals surface area contributed by atoms with Gasteiger partial charge in [0.25, 0.3) is 5.91 Å². The lowest BCUT2D eigenvalue weighted by atomic mass is 10.1. The number of amides is 1. The molecule has 0 atom stereocenters. The molecule has 0 unspecified atom stereocenters. The van der Waals surface area contributed by atoms with Crippen LogP contribution in [-0.2, 0) is 0 Å². The molecule has 5 nitrogen and oxygen atoms in total. The Labute approximate surface area is 173 Å². The van der Waals surface area contributed by atoms with E-state index in [1.54, 1.807) is 37.4 Å². The van der Waals surface area contributed by atoms with Crippen molar-refractivity contribution in [2.45, 2.75) is 13.8 Å². The predicted octanol–water partition coefficient (Wildman–Crippen LogP) is 6.03. The zero-order chi connectivity index (χ0) is 20.5. The fourth-order valence-corrected chi connectivity index (χ4v) is 3.27. The van der Waals surface area contributed by atoms with Gasteiger partial charge in [-0.3, -0.25) is 4.79 Å². The molecule has 6 heteroatoms. The first-order chi connectivity index (χ1) is 13.9.